The summed E-state index contributed by atoms with van der Waals surface area (Å²) in [6.45, 7) is 7.71. The minimum atomic E-state index is 0.408. The average Bonchev–Trinajstić information content (AvgIpc) is 2.86. The number of hydrogen-bond acceptors (Lipinski definition) is 2. The molecule has 3 nitrogen and oxygen atoms in total. The van der Waals surface area contributed by atoms with Crippen molar-refractivity contribution in [3.05, 3.63) is 29.5 Å². The third kappa shape index (κ3) is 2.83. The number of nitrogens with one attached hydrogen (secondary N) is 2. The van der Waals surface area contributed by atoms with Crippen LogP contribution in [0.25, 0.3) is 10.9 Å². The minimum absolute atomic E-state index is 0.408. The Morgan fingerprint density at radius 3 is 2.65 bits per heavy atom. The Balaban J connectivity index is 2.51. The van der Waals surface area contributed by atoms with Crippen molar-refractivity contribution in [2.24, 2.45) is 0 Å². The Kier molecular flexibility index (Phi) is 5.07. The monoisotopic (exact) mass is 274 g/mol. The molecular formula is C17H26N2O. The highest BCUT2D eigenvalue weighted by Gasteiger charge is 2.18. The fraction of sp³-hybridized carbons (Fsp3) is 0.529. The molecule has 3 heteroatoms. The van der Waals surface area contributed by atoms with Gasteiger partial charge in [0.2, 0.25) is 0 Å². The number of aromatic nitrogens is 1. The summed E-state index contributed by atoms with van der Waals surface area (Å²) in [5.41, 5.74) is 3.95. The van der Waals surface area contributed by atoms with Crippen LogP contribution in [0.4, 0.5) is 0 Å². The maximum atomic E-state index is 5.38. The third-order valence-corrected chi connectivity index (χ3v) is 3.88. The lowest BCUT2D eigenvalue weighted by Gasteiger charge is -2.18. The summed E-state index contributed by atoms with van der Waals surface area (Å²) in [4.78, 5) is 3.56. The van der Waals surface area contributed by atoms with Crippen molar-refractivity contribution < 1.29 is 4.74 Å². The van der Waals surface area contributed by atoms with Gasteiger partial charge in [-0.25, -0.2) is 0 Å². The highest BCUT2D eigenvalue weighted by molar-refractivity contribution is 5.86. The lowest BCUT2D eigenvalue weighted by atomic mass is 9.99. The van der Waals surface area contributed by atoms with E-state index in [1.807, 2.05) is 6.07 Å². The Morgan fingerprint density at radius 1 is 1.25 bits per heavy atom. The molecule has 0 aliphatic carbocycles. The molecule has 2 aromatic rings. The molecule has 0 bridgehead atoms. The number of aryl methyl sites for hydroxylation is 1. The van der Waals surface area contributed by atoms with Crippen LogP contribution in [0, 0.1) is 0 Å². The first kappa shape index (κ1) is 14.9. The molecule has 0 radical (unpaired) electrons. The highest BCUT2D eigenvalue weighted by Crippen LogP contribution is 2.32. The zero-order valence-electron chi connectivity index (χ0n) is 13.0. The van der Waals surface area contributed by atoms with Gasteiger partial charge in [-0.15, -0.1) is 0 Å². The lowest BCUT2D eigenvalue weighted by molar-refractivity contribution is 0.415. The van der Waals surface area contributed by atoms with Gasteiger partial charge in [0.15, 0.2) is 0 Å². The summed E-state index contributed by atoms with van der Waals surface area (Å²) in [5.74, 6) is 0.922. The molecule has 1 unspecified atom stereocenters. The largest absolute Gasteiger partial charge is 0.497 e. The molecule has 0 saturated heterocycles. The Hall–Kier alpha value is -1.48. The summed E-state index contributed by atoms with van der Waals surface area (Å²) >= 11 is 0. The fourth-order valence-corrected chi connectivity index (χ4v) is 2.82. The second-order valence-corrected chi connectivity index (χ2v) is 5.20. The van der Waals surface area contributed by atoms with E-state index in [4.69, 9.17) is 4.74 Å². The topological polar surface area (TPSA) is 37.0 Å². The summed E-state index contributed by atoms with van der Waals surface area (Å²) in [5, 5.41) is 4.95. The standard InChI is InChI=1S/C17H26N2O/c1-5-10-18-14(6-2)17-13-11-12(20-4)8-9-16(13)19-15(17)7-3/h8-9,11,14,18-19H,5-7,10H2,1-4H3. The molecule has 2 N–H and O–H groups in total. The van der Waals surface area contributed by atoms with E-state index in [-0.39, 0.29) is 0 Å². The SMILES string of the molecule is CCCNC(CC)c1c(CC)[nH]c2ccc(OC)cc12. The van der Waals surface area contributed by atoms with Gasteiger partial charge in [0, 0.05) is 22.6 Å². The quantitative estimate of drug-likeness (QED) is 0.794. The molecule has 1 aromatic heterocycles. The van der Waals surface area contributed by atoms with Gasteiger partial charge >= 0.3 is 0 Å². The van der Waals surface area contributed by atoms with E-state index in [0.29, 0.717) is 6.04 Å². The molecular weight excluding hydrogens is 248 g/mol. The van der Waals surface area contributed by atoms with Crippen molar-refractivity contribution in [2.45, 2.75) is 46.1 Å². The molecule has 1 aromatic carbocycles. The molecule has 2 rings (SSSR count). The molecule has 0 fully saturated rings. The number of aromatic amines is 1. The van der Waals surface area contributed by atoms with Crippen molar-refractivity contribution in [3.63, 3.8) is 0 Å². The van der Waals surface area contributed by atoms with Crippen LogP contribution in [0.2, 0.25) is 0 Å². The molecule has 0 amide bonds. The average molecular weight is 274 g/mol. The van der Waals surface area contributed by atoms with Crippen molar-refractivity contribution in [3.8, 4) is 5.75 Å². The van der Waals surface area contributed by atoms with Crippen LogP contribution >= 0.6 is 0 Å². The first-order valence-electron chi connectivity index (χ1n) is 7.66. The van der Waals surface area contributed by atoms with Gasteiger partial charge in [0.1, 0.15) is 5.75 Å². The summed E-state index contributed by atoms with van der Waals surface area (Å²) in [6, 6.07) is 6.69. The van der Waals surface area contributed by atoms with Crippen molar-refractivity contribution in [1.29, 1.82) is 0 Å². The van der Waals surface area contributed by atoms with Gasteiger partial charge in [-0.05, 0) is 49.6 Å². The maximum absolute atomic E-state index is 5.38. The van der Waals surface area contributed by atoms with E-state index in [1.54, 1.807) is 7.11 Å². The van der Waals surface area contributed by atoms with E-state index in [1.165, 1.54) is 22.2 Å². The molecule has 110 valence electrons. The van der Waals surface area contributed by atoms with E-state index >= 15 is 0 Å². The van der Waals surface area contributed by atoms with E-state index in [9.17, 15) is 0 Å². The number of benzene rings is 1. The summed E-state index contributed by atoms with van der Waals surface area (Å²) in [7, 11) is 1.72. The smallest absolute Gasteiger partial charge is 0.119 e. The first-order valence-corrected chi connectivity index (χ1v) is 7.66. The summed E-state index contributed by atoms with van der Waals surface area (Å²) in [6.07, 6.45) is 3.28. The molecule has 1 heterocycles. The van der Waals surface area contributed by atoms with Gasteiger partial charge < -0.3 is 15.0 Å². The zero-order valence-corrected chi connectivity index (χ0v) is 13.0. The van der Waals surface area contributed by atoms with Gasteiger partial charge in [-0.2, -0.15) is 0 Å². The number of hydrogen-bond donors (Lipinski definition) is 2. The Bertz CT molecular complexity index is 559. The Labute approximate surface area is 121 Å². The van der Waals surface area contributed by atoms with Crippen molar-refractivity contribution >= 4 is 10.9 Å². The molecule has 0 spiro atoms. The van der Waals surface area contributed by atoms with Crippen molar-refractivity contribution in [1.82, 2.24) is 10.3 Å². The molecule has 0 aliphatic heterocycles. The number of ether oxygens (including phenoxy) is 1. The molecule has 20 heavy (non-hydrogen) atoms. The second-order valence-electron chi connectivity index (χ2n) is 5.20. The Morgan fingerprint density at radius 2 is 2.05 bits per heavy atom. The van der Waals surface area contributed by atoms with Crippen LogP contribution in [0.3, 0.4) is 0 Å². The number of H-pyrrole nitrogens is 1. The van der Waals surface area contributed by atoms with Gasteiger partial charge in [0.05, 0.1) is 7.11 Å². The van der Waals surface area contributed by atoms with E-state index in [2.05, 4.69) is 43.2 Å². The zero-order chi connectivity index (χ0) is 14.5. The molecule has 0 aliphatic rings. The van der Waals surface area contributed by atoms with Crippen molar-refractivity contribution in [2.75, 3.05) is 13.7 Å². The van der Waals surface area contributed by atoms with E-state index < -0.39 is 0 Å². The number of fused-ring (bicyclic) bond motifs is 1. The fourth-order valence-electron chi connectivity index (χ4n) is 2.82. The van der Waals surface area contributed by atoms with Crippen LogP contribution in [0.1, 0.15) is 50.9 Å². The van der Waals surface area contributed by atoms with Crippen LogP contribution in [-0.4, -0.2) is 18.6 Å². The minimum Gasteiger partial charge on any atom is -0.497 e. The molecule has 1 atom stereocenters. The predicted octanol–water partition coefficient (Wildman–Crippen LogP) is 4.19. The van der Waals surface area contributed by atoms with Gasteiger partial charge in [-0.3, -0.25) is 0 Å². The number of rotatable bonds is 7. The van der Waals surface area contributed by atoms with Crippen LogP contribution < -0.4 is 10.1 Å². The van der Waals surface area contributed by atoms with Crippen LogP contribution in [0.15, 0.2) is 18.2 Å². The highest BCUT2D eigenvalue weighted by atomic mass is 16.5. The van der Waals surface area contributed by atoms with E-state index in [0.717, 1.165) is 31.6 Å². The van der Waals surface area contributed by atoms with Crippen LogP contribution in [-0.2, 0) is 6.42 Å². The van der Waals surface area contributed by atoms with Gasteiger partial charge in [0.25, 0.3) is 0 Å². The number of methoxy groups -OCH3 is 1. The summed E-state index contributed by atoms with van der Waals surface area (Å²) < 4.78 is 5.38. The third-order valence-electron chi connectivity index (χ3n) is 3.88. The van der Waals surface area contributed by atoms with Gasteiger partial charge in [-0.1, -0.05) is 20.8 Å². The second kappa shape index (κ2) is 6.80. The normalized spacial score (nSPS) is 12.8. The first-order chi connectivity index (χ1) is 9.74. The van der Waals surface area contributed by atoms with Crippen LogP contribution in [0.5, 0.6) is 5.75 Å². The predicted molar refractivity (Wildman–Crippen MR) is 85.6 cm³/mol. The molecule has 0 saturated carbocycles. The lowest BCUT2D eigenvalue weighted by Crippen LogP contribution is -2.22. The maximum Gasteiger partial charge on any atom is 0.119 e.